The first-order chi connectivity index (χ1) is 20.1. The maximum Gasteiger partial charge on any atom is 0.264 e. The Bertz CT molecular complexity index is 1580. The van der Waals surface area contributed by atoms with E-state index in [0.717, 1.165) is 25.9 Å². The van der Waals surface area contributed by atoms with E-state index in [1.54, 1.807) is 29.6 Å². The summed E-state index contributed by atoms with van der Waals surface area (Å²) in [6.07, 6.45) is 0.702. The van der Waals surface area contributed by atoms with Gasteiger partial charge in [-0.05, 0) is 72.2 Å². The SMILES string of the molecule is C[C@@H]1[C@@H](C(C)(C)F)[C@H](CCn2cc([C@H](O)c3ccccc3)nn2)O[C@@]12C(=O)N(Cc1ccccc1)c1ccc(I)cc12. The highest BCUT2D eigenvalue weighted by atomic mass is 127. The van der Waals surface area contributed by atoms with Gasteiger partial charge in [-0.25, -0.2) is 4.39 Å². The molecule has 5 atom stereocenters. The summed E-state index contributed by atoms with van der Waals surface area (Å²) in [6, 6.07) is 25.1. The van der Waals surface area contributed by atoms with Crippen LogP contribution in [0, 0.1) is 15.4 Å². The zero-order valence-corrected chi connectivity index (χ0v) is 26.0. The predicted octanol–water partition coefficient (Wildman–Crippen LogP) is 6.20. The van der Waals surface area contributed by atoms with Gasteiger partial charge < -0.3 is 14.7 Å². The molecule has 1 spiro atoms. The minimum absolute atomic E-state index is 0.151. The number of nitrogens with zero attached hydrogens (tertiary/aromatic N) is 4. The molecule has 1 aromatic heterocycles. The van der Waals surface area contributed by atoms with Crippen molar-refractivity contribution in [1.29, 1.82) is 0 Å². The van der Waals surface area contributed by atoms with Crippen molar-refractivity contribution in [3.63, 3.8) is 0 Å². The van der Waals surface area contributed by atoms with Gasteiger partial charge in [0.15, 0.2) is 5.60 Å². The first kappa shape index (κ1) is 28.9. The molecule has 2 aliphatic rings. The highest BCUT2D eigenvalue weighted by Crippen LogP contribution is 2.58. The zero-order chi connectivity index (χ0) is 29.6. The Hall–Kier alpha value is -3.15. The van der Waals surface area contributed by atoms with Crippen LogP contribution in [0.5, 0.6) is 0 Å². The van der Waals surface area contributed by atoms with Crippen molar-refractivity contribution in [2.24, 2.45) is 11.8 Å². The number of fused-ring (bicyclic) bond motifs is 2. The van der Waals surface area contributed by atoms with Gasteiger partial charge in [-0.2, -0.15) is 0 Å². The third-order valence-corrected chi connectivity index (χ3v) is 9.37. The van der Waals surface area contributed by atoms with E-state index in [1.165, 1.54) is 0 Å². The van der Waals surface area contributed by atoms with Crippen molar-refractivity contribution in [3.05, 3.63) is 111 Å². The van der Waals surface area contributed by atoms with E-state index in [9.17, 15) is 9.90 Å². The molecule has 0 bridgehead atoms. The van der Waals surface area contributed by atoms with E-state index < -0.39 is 35.3 Å². The second-order valence-electron chi connectivity index (χ2n) is 11.8. The first-order valence-electron chi connectivity index (χ1n) is 14.3. The lowest BCUT2D eigenvalue weighted by atomic mass is 9.71. The van der Waals surface area contributed by atoms with Gasteiger partial charge in [0, 0.05) is 27.5 Å². The van der Waals surface area contributed by atoms with Gasteiger partial charge in [0.2, 0.25) is 0 Å². The van der Waals surface area contributed by atoms with Crippen LogP contribution in [0.1, 0.15) is 55.7 Å². The average molecular weight is 681 g/mol. The van der Waals surface area contributed by atoms with Gasteiger partial charge in [0.25, 0.3) is 5.91 Å². The Labute approximate surface area is 258 Å². The zero-order valence-electron chi connectivity index (χ0n) is 23.8. The maximum absolute atomic E-state index is 16.0. The summed E-state index contributed by atoms with van der Waals surface area (Å²) >= 11 is 2.25. The van der Waals surface area contributed by atoms with Crippen molar-refractivity contribution in [2.75, 3.05) is 4.90 Å². The number of anilines is 1. The molecule has 1 N–H and O–H groups in total. The van der Waals surface area contributed by atoms with Gasteiger partial charge in [-0.15, -0.1) is 5.10 Å². The summed E-state index contributed by atoms with van der Waals surface area (Å²) in [5.41, 5.74) is 0.896. The lowest BCUT2D eigenvalue weighted by Crippen LogP contribution is -2.45. The van der Waals surface area contributed by atoms with E-state index in [4.69, 9.17) is 4.74 Å². The number of aliphatic hydroxyl groups excluding tert-OH is 1. The normalized spacial score (nSPS) is 24.4. The smallest absolute Gasteiger partial charge is 0.264 e. The second-order valence-corrected chi connectivity index (χ2v) is 13.1. The number of rotatable bonds is 8. The molecule has 3 aromatic carbocycles. The molecule has 4 aromatic rings. The van der Waals surface area contributed by atoms with Crippen LogP contribution in [0.3, 0.4) is 0 Å². The van der Waals surface area contributed by atoms with Crippen molar-refractivity contribution >= 4 is 34.2 Å². The Balaban J connectivity index is 1.30. The predicted molar refractivity (Wildman–Crippen MR) is 166 cm³/mol. The van der Waals surface area contributed by atoms with Crippen molar-refractivity contribution in [2.45, 2.75) is 63.8 Å². The molecule has 0 unspecified atom stereocenters. The number of hydrogen-bond donors (Lipinski definition) is 1. The first-order valence-corrected chi connectivity index (χ1v) is 15.3. The number of aryl methyl sites for hydroxylation is 1. The van der Waals surface area contributed by atoms with E-state index in [-0.39, 0.29) is 5.91 Å². The average Bonchev–Trinajstić information content (AvgIpc) is 3.63. The molecule has 1 fully saturated rings. The van der Waals surface area contributed by atoms with Crippen LogP contribution in [0.25, 0.3) is 0 Å². The molecule has 9 heteroatoms. The van der Waals surface area contributed by atoms with Gasteiger partial charge >= 0.3 is 0 Å². The molecule has 0 saturated carbocycles. The molecule has 0 radical (unpaired) electrons. The number of halogens is 2. The largest absolute Gasteiger partial charge is 0.382 e. The fraction of sp³-hybridized carbons (Fsp3) is 0.364. The van der Waals surface area contributed by atoms with Crippen LogP contribution in [-0.4, -0.2) is 37.8 Å². The highest BCUT2D eigenvalue weighted by molar-refractivity contribution is 14.1. The van der Waals surface area contributed by atoms with Gasteiger partial charge in [0.05, 0.1) is 24.5 Å². The molecular weight excluding hydrogens is 646 g/mol. The number of carbonyl (C=O) groups is 1. The van der Waals surface area contributed by atoms with Crippen LogP contribution >= 0.6 is 22.6 Å². The van der Waals surface area contributed by atoms with Crippen LogP contribution < -0.4 is 4.90 Å². The quantitative estimate of drug-likeness (QED) is 0.225. The molecule has 1 amide bonds. The summed E-state index contributed by atoms with van der Waals surface area (Å²) in [7, 11) is 0. The molecule has 7 nitrogen and oxygen atoms in total. The van der Waals surface area contributed by atoms with Gasteiger partial charge in [0.1, 0.15) is 17.5 Å². The summed E-state index contributed by atoms with van der Waals surface area (Å²) in [5, 5.41) is 19.2. The number of amides is 1. The van der Waals surface area contributed by atoms with Crippen LogP contribution in [-0.2, 0) is 28.2 Å². The molecular formula is C33H34FIN4O3. The van der Waals surface area contributed by atoms with Crippen LogP contribution in [0.4, 0.5) is 10.1 Å². The summed E-state index contributed by atoms with van der Waals surface area (Å²) < 4.78 is 25.5. The Morgan fingerprint density at radius 3 is 2.48 bits per heavy atom. The van der Waals surface area contributed by atoms with Crippen LogP contribution in [0.15, 0.2) is 85.1 Å². The molecule has 0 aliphatic carbocycles. The standard InChI is InChI=1S/C33H34FIN4O3/c1-21-29(32(2,3)34)28(16-17-38-20-26(36-37-38)30(40)23-12-8-5-9-13-23)42-33(21)25-18-24(35)14-15-27(25)39(31(33)41)19-22-10-6-4-7-11-22/h4-15,18,20-21,28-30,40H,16-17,19H2,1-3H3/t21-,28+,29-,30-,33+/m1/s1. The summed E-state index contributed by atoms with van der Waals surface area (Å²) in [4.78, 5) is 16.2. The van der Waals surface area contributed by atoms with Crippen molar-refractivity contribution in [3.8, 4) is 0 Å². The number of alkyl halides is 1. The third-order valence-electron chi connectivity index (χ3n) is 8.70. The second kappa shape index (κ2) is 11.2. The lowest BCUT2D eigenvalue weighted by Gasteiger charge is -2.32. The minimum atomic E-state index is -1.60. The van der Waals surface area contributed by atoms with E-state index in [1.807, 2.05) is 85.8 Å². The monoisotopic (exact) mass is 680 g/mol. The number of ether oxygens (including phenoxy) is 1. The fourth-order valence-corrected chi connectivity index (χ4v) is 7.32. The number of carbonyl (C=O) groups excluding carboxylic acids is 1. The molecule has 3 heterocycles. The van der Waals surface area contributed by atoms with Gasteiger partial charge in [-0.3, -0.25) is 9.48 Å². The Morgan fingerprint density at radius 1 is 1.10 bits per heavy atom. The molecule has 218 valence electrons. The van der Waals surface area contributed by atoms with E-state index in [0.29, 0.717) is 25.2 Å². The lowest BCUT2D eigenvalue weighted by molar-refractivity contribution is -0.146. The minimum Gasteiger partial charge on any atom is -0.382 e. The topological polar surface area (TPSA) is 80.5 Å². The number of hydrogen-bond acceptors (Lipinski definition) is 5. The van der Waals surface area contributed by atoms with Crippen LogP contribution in [0.2, 0.25) is 0 Å². The van der Waals surface area contributed by atoms with E-state index in [2.05, 4.69) is 32.9 Å². The van der Waals surface area contributed by atoms with E-state index >= 15 is 4.39 Å². The molecule has 1 saturated heterocycles. The van der Waals surface area contributed by atoms with Crippen molar-refractivity contribution < 1.29 is 19.0 Å². The maximum atomic E-state index is 16.0. The number of aromatic nitrogens is 3. The Kier molecular flexibility index (Phi) is 7.69. The summed E-state index contributed by atoms with van der Waals surface area (Å²) in [6.45, 7) is 5.90. The van der Waals surface area contributed by atoms with Gasteiger partial charge in [-0.1, -0.05) is 72.8 Å². The fourth-order valence-electron chi connectivity index (χ4n) is 6.83. The molecule has 6 rings (SSSR count). The molecule has 2 aliphatic heterocycles. The highest BCUT2D eigenvalue weighted by Gasteiger charge is 2.66. The number of benzene rings is 3. The van der Waals surface area contributed by atoms with Crippen molar-refractivity contribution in [1.82, 2.24) is 15.0 Å². The number of aliphatic hydroxyl groups is 1. The molecule has 42 heavy (non-hydrogen) atoms. The third kappa shape index (κ3) is 5.05. The Morgan fingerprint density at radius 2 is 1.79 bits per heavy atom. The summed E-state index contributed by atoms with van der Waals surface area (Å²) in [5.74, 6) is -1.11.